The number of aromatic nitrogens is 1. The predicted molar refractivity (Wildman–Crippen MR) is 50.3 cm³/mol. The third-order valence-electron chi connectivity index (χ3n) is 1.76. The van der Waals surface area contributed by atoms with E-state index in [1.807, 2.05) is 24.3 Å². The number of carbonyl (C=O) groups is 1. The number of fused-ring (bicyclic) bond motifs is 1. The average molecular weight is 171 g/mol. The maximum atomic E-state index is 10.1. The summed E-state index contributed by atoms with van der Waals surface area (Å²) in [6, 6.07) is 9.53. The summed E-state index contributed by atoms with van der Waals surface area (Å²) >= 11 is 0. The highest BCUT2D eigenvalue weighted by atomic mass is 16.1. The first-order valence-electron chi connectivity index (χ1n) is 3.88. The molecule has 3 nitrogen and oxygen atoms in total. The summed E-state index contributed by atoms with van der Waals surface area (Å²) in [6.45, 7) is 0. The number of amides is 1. The van der Waals surface area contributed by atoms with Gasteiger partial charge in [-0.2, -0.15) is 0 Å². The summed E-state index contributed by atoms with van der Waals surface area (Å²) in [7, 11) is 0. The Labute approximate surface area is 75.4 Å². The molecule has 0 atom stereocenters. The first-order valence-corrected chi connectivity index (χ1v) is 3.88. The van der Waals surface area contributed by atoms with E-state index in [1.54, 1.807) is 6.07 Å². The number of rotatable bonds is 2. The minimum absolute atomic E-state index is 0.522. The lowest BCUT2D eigenvalue weighted by Crippen LogP contribution is -1.95. The molecule has 0 saturated carbocycles. The van der Waals surface area contributed by atoms with Crippen molar-refractivity contribution in [2.24, 2.45) is 0 Å². The van der Waals surface area contributed by atoms with Crippen LogP contribution in [0.4, 0.5) is 5.82 Å². The van der Waals surface area contributed by atoms with Crippen molar-refractivity contribution in [3.63, 3.8) is 0 Å². The number of nitrogens with zero attached hydrogens (tertiary/aromatic N) is 1. The monoisotopic (exact) mass is 171 g/mol. The third kappa shape index (κ3) is 1.49. The number of anilines is 1. The molecule has 0 unspecified atom stereocenters. The van der Waals surface area contributed by atoms with E-state index in [0.29, 0.717) is 12.2 Å². The van der Waals surface area contributed by atoms with E-state index >= 15 is 0 Å². The molecule has 0 spiro atoms. The Hall–Kier alpha value is -1.90. The van der Waals surface area contributed by atoms with Crippen molar-refractivity contribution in [1.29, 1.82) is 0 Å². The van der Waals surface area contributed by atoms with Crippen LogP contribution in [0.15, 0.2) is 30.3 Å². The van der Waals surface area contributed by atoms with Gasteiger partial charge in [0, 0.05) is 5.39 Å². The summed E-state index contributed by atoms with van der Waals surface area (Å²) in [5.41, 5.74) is 0. The van der Waals surface area contributed by atoms with Crippen LogP contribution in [0.25, 0.3) is 10.8 Å². The maximum absolute atomic E-state index is 10.1. The van der Waals surface area contributed by atoms with Crippen LogP contribution in [-0.2, 0) is 4.79 Å². The maximum Gasteiger partial charge on any atom is 0.212 e. The van der Waals surface area contributed by atoms with Crippen molar-refractivity contribution in [3.05, 3.63) is 36.5 Å². The molecule has 0 aliphatic carbocycles. The van der Waals surface area contributed by atoms with Gasteiger partial charge in [0.2, 0.25) is 6.41 Å². The van der Waals surface area contributed by atoms with E-state index in [-0.39, 0.29) is 0 Å². The molecule has 1 aromatic carbocycles. The van der Waals surface area contributed by atoms with Crippen molar-refractivity contribution < 1.29 is 4.79 Å². The minimum Gasteiger partial charge on any atom is -0.313 e. The zero-order chi connectivity index (χ0) is 9.10. The van der Waals surface area contributed by atoms with Crippen LogP contribution < -0.4 is 5.32 Å². The van der Waals surface area contributed by atoms with Crippen LogP contribution in [0.2, 0.25) is 0 Å². The molecule has 3 heteroatoms. The highest BCUT2D eigenvalue weighted by molar-refractivity contribution is 5.85. The fourth-order valence-electron chi connectivity index (χ4n) is 1.16. The lowest BCUT2D eigenvalue weighted by Gasteiger charge is -1.98. The second-order valence-electron chi connectivity index (χ2n) is 2.60. The molecule has 63 valence electrons. The van der Waals surface area contributed by atoms with Gasteiger partial charge in [-0.15, -0.1) is 0 Å². The minimum atomic E-state index is 0.522. The van der Waals surface area contributed by atoms with E-state index < -0.39 is 0 Å². The largest absolute Gasteiger partial charge is 0.313 e. The molecule has 1 amide bonds. The van der Waals surface area contributed by atoms with E-state index in [1.165, 1.54) is 0 Å². The molecule has 1 heterocycles. The molecule has 0 bridgehead atoms. The van der Waals surface area contributed by atoms with Crippen LogP contribution in [0.1, 0.15) is 0 Å². The first-order chi connectivity index (χ1) is 6.40. The van der Waals surface area contributed by atoms with E-state index in [0.717, 1.165) is 10.8 Å². The Bertz CT molecular complexity index is 440. The topological polar surface area (TPSA) is 42.0 Å². The van der Waals surface area contributed by atoms with Crippen molar-refractivity contribution in [2.75, 3.05) is 5.32 Å². The summed E-state index contributed by atoms with van der Waals surface area (Å²) in [6.07, 6.45) is 3.43. The molecule has 1 N–H and O–H groups in total. The van der Waals surface area contributed by atoms with Crippen LogP contribution in [0.3, 0.4) is 0 Å². The SMILES string of the molecule is O=CNc1cc2ccccc2[c]n1. The number of hydrogen-bond acceptors (Lipinski definition) is 2. The Balaban J connectivity index is 2.55. The van der Waals surface area contributed by atoms with Crippen molar-refractivity contribution in [1.82, 2.24) is 4.98 Å². The standard InChI is InChI=1S/C10H7N2O/c13-7-12-10-5-8-3-1-2-4-9(8)6-11-10/h1-5,7H,(H,11,12,13). The van der Waals surface area contributed by atoms with Gasteiger partial charge >= 0.3 is 0 Å². The van der Waals surface area contributed by atoms with E-state index in [2.05, 4.69) is 16.5 Å². The second-order valence-corrected chi connectivity index (χ2v) is 2.60. The highest BCUT2D eigenvalue weighted by Crippen LogP contribution is 2.14. The molecule has 0 aliphatic heterocycles. The van der Waals surface area contributed by atoms with Crippen molar-refractivity contribution >= 4 is 23.0 Å². The second kappa shape index (κ2) is 3.23. The molecule has 0 saturated heterocycles. The number of benzene rings is 1. The molecular weight excluding hydrogens is 164 g/mol. The van der Waals surface area contributed by atoms with Gasteiger partial charge in [0.05, 0.1) is 6.20 Å². The summed E-state index contributed by atoms with van der Waals surface area (Å²) in [5, 5.41) is 4.44. The number of pyridine rings is 1. The fourth-order valence-corrected chi connectivity index (χ4v) is 1.16. The van der Waals surface area contributed by atoms with Crippen LogP contribution in [0, 0.1) is 6.20 Å². The van der Waals surface area contributed by atoms with Gasteiger partial charge in [0.15, 0.2) is 0 Å². The van der Waals surface area contributed by atoms with E-state index in [9.17, 15) is 4.79 Å². The van der Waals surface area contributed by atoms with Gasteiger partial charge < -0.3 is 5.32 Å². The molecule has 2 rings (SSSR count). The van der Waals surface area contributed by atoms with Gasteiger partial charge in [0.25, 0.3) is 0 Å². The van der Waals surface area contributed by atoms with Gasteiger partial charge in [-0.25, -0.2) is 4.98 Å². The van der Waals surface area contributed by atoms with Gasteiger partial charge in [0.1, 0.15) is 5.82 Å². The number of nitrogens with one attached hydrogen (secondary N) is 1. The highest BCUT2D eigenvalue weighted by Gasteiger charge is 1.95. The first kappa shape index (κ1) is 7.73. The quantitative estimate of drug-likeness (QED) is 0.697. The van der Waals surface area contributed by atoms with Gasteiger partial charge in [-0.05, 0) is 11.5 Å². The van der Waals surface area contributed by atoms with Gasteiger partial charge in [-0.1, -0.05) is 24.3 Å². The number of carbonyl (C=O) groups excluding carboxylic acids is 1. The lowest BCUT2D eigenvalue weighted by molar-refractivity contribution is -0.105. The molecule has 2 aromatic rings. The smallest absolute Gasteiger partial charge is 0.212 e. The summed E-state index contributed by atoms with van der Waals surface area (Å²) in [4.78, 5) is 14.1. The van der Waals surface area contributed by atoms with Crippen molar-refractivity contribution in [2.45, 2.75) is 0 Å². The summed E-state index contributed by atoms with van der Waals surface area (Å²) in [5.74, 6) is 0.522. The molecule has 1 aromatic heterocycles. The van der Waals surface area contributed by atoms with Crippen LogP contribution in [0.5, 0.6) is 0 Å². The molecule has 1 radical (unpaired) electrons. The number of hydrogen-bond donors (Lipinski definition) is 1. The van der Waals surface area contributed by atoms with Crippen molar-refractivity contribution in [3.8, 4) is 0 Å². The Kier molecular flexibility index (Phi) is 1.92. The zero-order valence-electron chi connectivity index (χ0n) is 6.82. The van der Waals surface area contributed by atoms with Crippen LogP contribution >= 0.6 is 0 Å². The molecule has 13 heavy (non-hydrogen) atoms. The predicted octanol–water partition coefficient (Wildman–Crippen LogP) is 1.60. The molecular formula is C10H7N2O. The fraction of sp³-hybridized carbons (Fsp3) is 0. The van der Waals surface area contributed by atoms with E-state index in [4.69, 9.17) is 0 Å². The Morgan fingerprint density at radius 3 is 3.08 bits per heavy atom. The zero-order valence-corrected chi connectivity index (χ0v) is 6.82. The third-order valence-corrected chi connectivity index (χ3v) is 1.76. The average Bonchev–Trinajstić information content (AvgIpc) is 2.18. The Morgan fingerprint density at radius 2 is 2.23 bits per heavy atom. The van der Waals surface area contributed by atoms with Gasteiger partial charge in [-0.3, -0.25) is 4.79 Å². The molecule has 0 fully saturated rings. The lowest BCUT2D eigenvalue weighted by atomic mass is 10.2. The molecule has 0 aliphatic rings. The normalized spacial score (nSPS) is 9.85. The van der Waals surface area contributed by atoms with Crippen LogP contribution in [-0.4, -0.2) is 11.4 Å². The summed E-state index contributed by atoms with van der Waals surface area (Å²) < 4.78 is 0. The Morgan fingerprint density at radius 1 is 1.38 bits per heavy atom.